The van der Waals surface area contributed by atoms with Gasteiger partial charge in [-0.1, -0.05) is 49.6 Å². The summed E-state index contributed by atoms with van der Waals surface area (Å²) in [6.07, 6.45) is 8.24. The molecular formula is C16H25NO. The number of hydrogen-bond acceptors (Lipinski definition) is 2. The fourth-order valence-corrected chi connectivity index (χ4v) is 2.69. The Morgan fingerprint density at radius 1 is 1.11 bits per heavy atom. The molecule has 2 rings (SSSR count). The smallest absolute Gasteiger partial charge is 0.0667 e. The summed E-state index contributed by atoms with van der Waals surface area (Å²) in [5, 5.41) is 13.5. The van der Waals surface area contributed by atoms with Crippen LogP contribution in [0, 0.1) is 0 Å². The molecule has 0 amide bonds. The minimum Gasteiger partial charge on any atom is -0.392 e. The van der Waals surface area contributed by atoms with Gasteiger partial charge in [0, 0.05) is 12.6 Å². The SMILES string of the molecule is OC(CCc1ccccc1)CNC1CCCCC1. The molecule has 0 radical (unpaired) electrons. The first kappa shape index (κ1) is 13.6. The van der Waals surface area contributed by atoms with E-state index in [0.29, 0.717) is 6.04 Å². The average molecular weight is 247 g/mol. The van der Waals surface area contributed by atoms with E-state index in [0.717, 1.165) is 19.4 Å². The maximum Gasteiger partial charge on any atom is 0.0667 e. The highest BCUT2D eigenvalue weighted by Gasteiger charge is 2.14. The molecule has 18 heavy (non-hydrogen) atoms. The van der Waals surface area contributed by atoms with Gasteiger partial charge in [0.2, 0.25) is 0 Å². The number of hydrogen-bond donors (Lipinski definition) is 2. The number of aliphatic hydroxyl groups excluding tert-OH is 1. The molecule has 0 saturated heterocycles. The fourth-order valence-electron chi connectivity index (χ4n) is 2.69. The van der Waals surface area contributed by atoms with Crippen molar-refractivity contribution in [3.05, 3.63) is 35.9 Å². The minimum absolute atomic E-state index is 0.216. The third kappa shape index (κ3) is 4.79. The Balaban J connectivity index is 1.61. The second-order valence-electron chi connectivity index (χ2n) is 5.42. The van der Waals surface area contributed by atoms with E-state index >= 15 is 0 Å². The molecule has 0 spiro atoms. The Labute approximate surface area is 110 Å². The van der Waals surface area contributed by atoms with Gasteiger partial charge in [0.1, 0.15) is 0 Å². The van der Waals surface area contributed by atoms with Gasteiger partial charge in [-0.2, -0.15) is 0 Å². The molecular weight excluding hydrogens is 222 g/mol. The molecule has 1 aliphatic carbocycles. The van der Waals surface area contributed by atoms with E-state index in [9.17, 15) is 5.11 Å². The molecule has 1 saturated carbocycles. The topological polar surface area (TPSA) is 32.3 Å². The standard InChI is InChI=1S/C16H25NO/c18-16(12-11-14-7-3-1-4-8-14)13-17-15-9-5-2-6-10-15/h1,3-4,7-8,15-18H,2,5-6,9-13H2. The van der Waals surface area contributed by atoms with E-state index in [1.165, 1.54) is 37.7 Å². The zero-order chi connectivity index (χ0) is 12.6. The number of rotatable bonds is 6. The van der Waals surface area contributed by atoms with Crippen molar-refractivity contribution in [2.75, 3.05) is 6.54 Å². The van der Waals surface area contributed by atoms with Gasteiger partial charge < -0.3 is 10.4 Å². The lowest BCUT2D eigenvalue weighted by Crippen LogP contribution is -2.37. The molecule has 1 fully saturated rings. The largest absolute Gasteiger partial charge is 0.392 e. The van der Waals surface area contributed by atoms with Crippen LogP contribution in [0.15, 0.2) is 30.3 Å². The summed E-state index contributed by atoms with van der Waals surface area (Å²) in [5.74, 6) is 0. The van der Waals surface area contributed by atoms with Gasteiger partial charge in [0.15, 0.2) is 0 Å². The predicted octanol–water partition coefficient (Wildman–Crippen LogP) is 2.90. The van der Waals surface area contributed by atoms with Gasteiger partial charge in [-0.3, -0.25) is 0 Å². The number of aryl methyl sites for hydroxylation is 1. The van der Waals surface area contributed by atoms with Crippen molar-refractivity contribution in [2.24, 2.45) is 0 Å². The fraction of sp³-hybridized carbons (Fsp3) is 0.625. The van der Waals surface area contributed by atoms with Crippen LogP contribution >= 0.6 is 0 Å². The Kier molecular flexibility index (Phi) is 5.69. The summed E-state index contributed by atoms with van der Waals surface area (Å²) in [6, 6.07) is 11.0. The summed E-state index contributed by atoms with van der Waals surface area (Å²) in [5.41, 5.74) is 1.31. The first-order valence-electron chi connectivity index (χ1n) is 7.30. The summed E-state index contributed by atoms with van der Waals surface area (Å²) in [4.78, 5) is 0. The van der Waals surface area contributed by atoms with Crippen molar-refractivity contribution in [3.63, 3.8) is 0 Å². The van der Waals surface area contributed by atoms with E-state index in [-0.39, 0.29) is 6.10 Å². The number of nitrogens with one attached hydrogen (secondary N) is 1. The Bertz CT molecular complexity index is 319. The lowest BCUT2D eigenvalue weighted by atomic mass is 9.95. The maximum atomic E-state index is 9.98. The Morgan fingerprint density at radius 3 is 2.56 bits per heavy atom. The number of benzene rings is 1. The molecule has 1 atom stereocenters. The Hall–Kier alpha value is -0.860. The molecule has 1 aromatic carbocycles. The van der Waals surface area contributed by atoms with Crippen LogP contribution in [0.2, 0.25) is 0 Å². The maximum absolute atomic E-state index is 9.98. The van der Waals surface area contributed by atoms with Gasteiger partial charge in [0.05, 0.1) is 6.10 Å². The van der Waals surface area contributed by atoms with Crippen LogP contribution in [0.25, 0.3) is 0 Å². The van der Waals surface area contributed by atoms with Crippen LogP contribution in [0.4, 0.5) is 0 Å². The predicted molar refractivity (Wildman–Crippen MR) is 75.6 cm³/mol. The van der Waals surface area contributed by atoms with Gasteiger partial charge >= 0.3 is 0 Å². The Morgan fingerprint density at radius 2 is 1.83 bits per heavy atom. The molecule has 0 heterocycles. The minimum atomic E-state index is -0.216. The van der Waals surface area contributed by atoms with Crippen molar-refractivity contribution >= 4 is 0 Å². The molecule has 0 aromatic heterocycles. The van der Waals surface area contributed by atoms with Crippen molar-refractivity contribution in [3.8, 4) is 0 Å². The molecule has 1 unspecified atom stereocenters. The van der Waals surface area contributed by atoms with Crippen LogP contribution < -0.4 is 5.32 Å². The second-order valence-corrected chi connectivity index (χ2v) is 5.42. The van der Waals surface area contributed by atoms with E-state index in [1.807, 2.05) is 6.07 Å². The van der Waals surface area contributed by atoms with Crippen LogP contribution in [0.3, 0.4) is 0 Å². The molecule has 2 nitrogen and oxygen atoms in total. The van der Waals surface area contributed by atoms with Crippen LogP contribution in [0.5, 0.6) is 0 Å². The van der Waals surface area contributed by atoms with E-state index in [2.05, 4.69) is 29.6 Å². The number of aliphatic hydroxyl groups is 1. The van der Waals surface area contributed by atoms with Crippen molar-refractivity contribution in [1.29, 1.82) is 0 Å². The molecule has 1 aliphatic rings. The second kappa shape index (κ2) is 7.55. The molecule has 100 valence electrons. The van der Waals surface area contributed by atoms with E-state index in [1.54, 1.807) is 0 Å². The highest BCUT2D eigenvalue weighted by Crippen LogP contribution is 2.17. The molecule has 2 N–H and O–H groups in total. The highest BCUT2D eigenvalue weighted by atomic mass is 16.3. The monoisotopic (exact) mass is 247 g/mol. The zero-order valence-corrected chi connectivity index (χ0v) is 11.1. The van der Waals surface area contributed by atoms with Crippen molar-refractivity contribution < 1.29 is 5.11 Å². The lowest BCUT2D eigenvalue weighted by molar-refractivity contribution is 0.154. The lowest BCUT2D eigenvalue weighted by Gasteiger charge is -2.24. The highest BCUT2D eigenvalue weighted by molar-refractivity contribution is 5.14. The first-order valence-corrected chi connectivity index (χ1v) is 7.30. The molecule has 1 aromatic rings. The van der Waals surface area contributed by atoms with Gasteiger partial charge in [-0.05, 0) is 31.2 Å². The van der Waals surface area contributed by atoms with E-state index in [4.69, 9.17) is 0 Å². The summed E-state index contributed by atoms with van der Waals surface area (Å²) in [6.45, 7) is 0.748. The zero-order valence-electron chi connectivity index (χ0n) is 11.1. The average Bonchev–Trinajstić information content (AvgIpc) is 2.45. The van der Waals surface area contributed by atoms with Crippen LogP contribution in [0.1, 0.15) is 44.1 Å². The van der Waals surface area contributed by atoms with Crippen molar-refractivity contribution in [1.82, 2.24) is 5.32 Å². The molecule has 2 heteroatoms. The van der Waals surface area contributed by atoms with Crippen molar-refractivity contribution in [2.45, 2.75) is 57.1 Å². The molecule has 0 bridgehead atoms. The third-order valence-corrected chi connectivity index (χ3v) is 3.86. The quantitative estimate of drug-likeness (QED) is 0.810. The van der Waals surface area contributed by atoms with Crippen LogP contribution in [-0.2, 0) is 6.42 Å². The summed E-state index contributed by atoms with van der Waals surface area (Å²) < 4.78 is 0. The van der Waals surface area contributed by atoms with Gasteiger partial charge in [-0.15, -0.1) is 0 Å². The van der Waals surface area contributed by atoms with Crippen LogP contribution in [-0.4, -0.2) is 23.8 Å². The van der Waals surface area contributed by atoms with Gasteiger partial charge in [0.25, 0.3) is 0 Å². The normalized spacial score (nSPS) is 18.7. The first-order chi connectivity index (χ1) is 8.84. The van der Waals surface area contributed by atoms with Gasteiger partial charge in [-0.25, -0.2) is 0 Å². The molecule has 0 aliphatic heterocycles. The van der Waals surface area contributed by atoms with E-state index < -0.39 is 0 Å². The summed E-state index contributed by atoms with van der Waals surface area (Å²) in [7, 11) is 0. The summed E-state index contributed by atoms with van der Waals surface area (Å²) >= 11 is 0. The third-order valence-electron chi connectivity index (χ3n) is 3.86.